The van der Waals surface area contributed by atoms with Gasteiger partial charge in [-0.05, 0) is 62.1 Å². The summed E-state index contributed by atoms with van der Waals surface area (Å²) in [7, 11) is 1.59. The number of carbonyl (C=O) groups is 3. The molecule has 1 aromatic carbocycles. The molecule has 0 radical (unpaired) electrons. The van der Waals surface area contributed by atoms with E-state index >= 15 is 0 Å². The predicted octanol–water partition coefficient (Wildman–Crippen LogP) is 3.18. The molecule has 2 amide bonds. The van der Waals surface area contributed by atoms with E-state index in [1.54, 1.807) is 18.1 Å². The maximum atomic E-state index is 13.6. The zero-order valence-electron chi connectivity index (χ0n) is 19.4. The number of nitriles is 1. The number of nitrogens with zero attached hydrogens (tertiary/aromatic N) is 2. The Morgan fingerprint density at radius 1 is 1.29 bits per heavy atom. The largest absolute Gasteiger partial charge is 0.496 e. The molecule has 5 rings (SSSR count). The van der Waals surface area contributed by atoms with Gasteiger partial charge in [-0.3, -0.25) is 14.4 Å². The highest BCUT2D eigenvalue weighted by Gasteiger charge is 2.50. The van der Waals surface area contributed by atoms with Gasteiger partial charge in [-0.15, -0.1) is 0 Å². The highest BCUT2D eigenvalue weighted by Crippen LogP contribution is 2.43. The maximum absolute atomic E-state index is 13.6. The van der Waals surface area contributed by atoms with Gasteiger partial charge in [-0.2, -0.15) is 5.26 Å². The van der Waals surface area contributed by atoms with Crippen LogP contribution in [0.15, 0.2) is 24.3 Å². The minimum Gasteiger partial charge on any atom is -0.496 e. The molecule has 0 spiro atoms. The van der Waals surface area contributed by atoms with Gasteiger partial charge in [0.05, 0.1) is 13.2 Å². The number of aromatic nitrogens is 1. The van der Waals surface area contributed by atoms with Crippen molar-refractivity contribution in [3.63, 3.8) is 0 Å². The van der Waals surface area contributed by atoms with Crippen LogP contribution in [0.25, 0.3) is 10.9 Å². The summed E-state index contributed by atoms with van der Waals surface area (Å²) in [6.45, 7) is 0.534. The molecule has 8 heteroatoms. The highest BCUT2D eigenvalue weighted by molar-refractivity contribution is 6.02. The number of ketones is 1. The molecule has 5 unspecified atom stereocenters. The van der Waals surface area contributed by atoms with E-state index in [9.17, 15) is 19.6 Å². The van der Waals surface area contributed by atoms with Gasteiger partial charge in [0, 0.05) is 29.8 Å². The van der Waals surface area contributed by atoms with Crippen LogP contribution < -0.4 is 10.1 Å². The van der Waals surface area contributed by atoms with Gasteiger partial charge in [0.25, 0.3) is 5.91 Å². The van der Waals surface area contributed by atoms with E-state index in [1.165, 1.54) is 0 Å². The Hall–Kier alpha value is -3.34. The van der Waals surface area contributed by atoms with Crippen molar-refractivity contribution in [3.05, 3.63) is 30.0 Å². The fraction of sp³-hybridized carbons (Fsp3) is 0.538. The topological polar surface area (TPSA) is 115 Å². The number of carbonyl (C=O) groups excluding carboxylic acids is 3. The molecular formula is C26H30N4O4. The molecule has 0 bridgehead atoms. The Balaban J connectivity index is 1.37. The third-order valence-electron chi connectivity index (χ3n) is 7.92. The summed E-state index contributed by atoms with van der Waals surface area (Å²) in [5.41, 5.74) is 1.22. The van der Waals surface area contributed by atoms with Crippen LogP contribution in [-0.2, 0) is 9.59 Å². The molecule has 178 valence electrons. The number of amides is 2. The molecule has 34 heavy (non-hydrogen) atoms. The quantitative estimate of drug-likeness (QED) is 0.684. The zero-order chi connectivity index (χ0) is 23.8. The van der Waals surface area contributed by atoms with E-state index in [1.807, 2.05) is 18.2 Å². The van der Waals surface area contributed by atoms with E-state index < -0.39 is 12.1 Å². The van der Waals surface area contributed by atoms with Gasteiger partial charge in [0.15, 0.2) is 0 Å². The van der Waals surface area contributed by atoms with Crippen molar-refractivity contribution in [2.45, 2.75) is 57.0 Å². The molecule has 3 fully saturated rings. The first-order valence-corrected chi connectivity index (χ1v) is 12.2. The van der Waals surface area contributed by atoms with Gasteiger partial charge in [-0.25, -0.2) is 0 Å². The Morgan fingerprint density at radius 2 is 2.15 bits per heavy atom. The molecule has 1 aromatic heterocycles. The van der Waals surface area contributed by atoms with Crippen LogP contribution >= 0.6 is 0 Å². The minimum atomic E-state index is -0.728. The fourth-order valence-corrected chi connectivity index (χ4v) is 6.25. The maximum Gasteiger partial charge on any atom is 0.271 e. The second-order valence-corrected chi connectivity index (χ2v) is 9.84. The number of aromatic amines is 1. The molecule has 2 saturated carbocycles. The Bertz CT molecular complexity index is 1170. The number of benzene rings is 1. The molecule has 2 heterocycles. The molecule has 1 aliphatic heterocycles. The number of nitrogens with one attached hydrogen (secondary N) is 2. The van der Waals surface area contributed by atoms with Crippen LogP contribution in [0.1, 0.15) is 55.4 Å². The van der Waals surface area contributed by atoms with Gasteiger partial charge in [0.2, 0.25) is 5.91 Å². The van der Waals surface area contributed by atoms with Crippen LogP contribution in [0, 0.1) is 29.1 Å². The third-order valence-corrected chi connectivity index (χ3v) is 7.92. The molecule has 5 atom stereocenters. The number of rotatable bonds is 6. The summed E-state index contributed by atoms with van der Waals surface area (Å²) in [5, 5.41) is 13.4. The van der Waals surface area contributed by atoms with Crippen molar-refractivity contribution < 1.29 is 19.1 Å². The average molecular weight is 463 g/mol. The van der Waals surface area contributed by atoms with Crippen molar-refractivity contribution in [1.82, 2.24) is 15.2 Å². The first-order chi connectivity index (χ1) is 16.5. The van der Waals surface area contributed by atoms with Crippen molar-refractivity contribution >= 4 is 28.5 Å². The van der Waals surface area contributed by atoms with Crippen molar-refractivity contribution in [3.8, 4) is 11.8 Å². The number of H-pyrrole nitrogens is 1. The summed E-state index contributed by atoms with van der Waals surface area (Å²) in [6.07, 6.45) is 5.46. The molecule has 2 aliphatic carbocycles. The monoisotopic (exact) mass is 462 g/mol. The number of hydrogen-bond donors (Lipinski definition) is 2. The number of hydrogen-bond acceptors (Lipinski definition) is 5. The predicted molar refractivity (Wildman–Crippen MR) is 125 cm³/mol. The molecule has 1 saturated heterocycles. The summed E-state index contributed by atoms with van der Waals surface area (Å²) >= 11 is 0. The van der Waals surface area contributed by atoms with Crippen molar-refractivity contribution in [2.24, 2.45) is 17.8 Å². The molecule has 8 nitrogen and oxygen atoms in total. The van der Waals surface area contributed by atoms with E-state index in [-0.39, 0.29) is 35.4 Å². The second-order valence-electron chi connectivity index (χ2n) is 9.84. The summed E-state index contributed by atoms with van der Waals surface area (Å²) in [6, 6.07) is 8.20. The standard InChI is InChI=1S/C26H30N4O4/c1-34-23-10-4-8-20-19(23)12-21(29-20)26(33)30-14-16-6-2-7-18(16)24(30)25(32)28-17(13-27)11-15-5-3-9-22(15)31/h4,8,10,12,15-18,24,29H,2-3,5-7,9,11,14H2,1H3,(H,28,32). The average Bonchev–Trinajstić information content (AvgIpc) is 3.61. The van der Waals surface area contributed by atoms with E-state index in [0.717, 1.165) is 43.0 Å². The Kier molecular flexibility index (Phi) is 6.03. The molecule has 2 aromatic rings. The summed E-state index contributed by atoms with van der Waals surface area (Å²) in [5.74, 6) is 0.578. The van der Waals surface area contributed by atoms with Gasteiger partial charge >= 0.3 is 0 Å². The fourth-order valence-electron chi connectivity index (χ4n) is 6.25. The summed E-state index contributed by atoms with van der Waals surface area (Å²) in [4.78, 5) is 44.0. The Morgan fingerprint density at radius 3 is 2.88 bits per heavy atom. The van der Waals surface area contributed by atoms with E-state index in [2.05, 4.69) is 16.4 Å². The molecular weight excluding hydrogens is 432 g/mol. The van der Waals surface area contributed by atoms with Crippen molar-refractivity contribution in [2.75, 3.05) is 13.7 Å². The van der Waals surface area contributed by atoms with Crippen LogP contribution in [0.3, 0.4) is 0 Å². The lowest BCUT2D eigenvalue weighted by Crippen LogP contribution is -2.51. The normalized spacial score (nSPS) is 26.9. The number of likely N-dealkylation sites (tertiary alicyclic amines) is 1. The minimum absolute atomic E-state index is 0.0929. The zero-order valence-corrected chi connectivity index (χ0v) is 19.4. The van der Waals surface area contributed by atoms with Crippen LogP contribution in [0.5, 0.6) is 5.75 Å². The lowest BCUT2D eigenvalue weighted by atomic mass is 9.92. The van der Waals surface area contributed by atoms with Gasteiger partial charge in [0.1, 0.15) is 29.3 Å². The molecule has 3 aliphatic rings. The highest BCUT2D eigenvalue weighted by atomic mass is 16.5. The summed E-state index contributed by atoms with van der Waals surface area (Å²) < 4.78 is 5.42. The van der Waals surface area contributed by atoms with Gasteiger partial charge < -0.3 is 19.9 Å². The van der Waals surface area contributed by atoms with Crippen LogP contribution in [0.4, 0.5) is 0 Å². The van der Waals surface area contributed by atoms with Gasteiger partial charge in [-0.1, -0.05) is 12.5 Å². The first kappa shape index (κ1) is 22.5. The van der Waals surface area contributed by atoms with E-state index in [4.69, 9.17) is 4.74 Å². The smallest absolute Gasteiger partial charge is 0.271 e. The van der Waals surface area contributed by atoms with Crippen LogP contribution in [0.2, 0.25) is 0 Å². The molecule has 2 N–H and O–H groups in total. The van der Waals surface area contributed by atoms with Crippen LogP contribution in [-0.4, -0.2) is 53.2 Å². The third kappa shape index (κ3) is 3.93. The second kappa shape index (κ2) is 9.13. The van der Waals surface area contributed by atoms with Crippen molar-refractivity contribution in [1.29, 1.82) is 5.26 Å². The number of fused-ring (bicyclic) bond motifs is 2. The van der Waals surface area contributed by atoms with E-state index in [0.29, 0.717) is 30.8 Å². The number of ether oxygens (including phenoxy) is 1. The number of methoxy groups -OCH3 is 1. The lowest BCUT2D eigenvalue weighted by molar-refractivity contribution is -0.127. The first-order valence-electron chi connectivity index (χ1n) is 12.2. The lowest BCUT2D eigenvalue weighted by Gasteiger charge is -2.28. The number of Topliss-reactive ketones (excluding diaryl/α,β-unsaturated/α-hetero) is 1. The Labute approximate surface area is 198 Å². The SMILES string of the molecule is COc1cccc2[nH]c(C(=O)N3CC4CCCC4C3C(=O)NC(C#N)CC3CCCC3=O)cc12.